The van der Waals surface area contributed by atoms with Crippen molar-refractivity contribution >= 4 is 5.91 Å². The van der Waals surface area contributed by atoms with Gasteiger partial charge in [-0.2, -0.15) is 0 Å². The summed E-state index contributed by atoms with van der Waals surface area (Å²) in [5.74, 6) is -0.0594. The molecule has 0 radical (unpaired) electrons. The topological polar surface area (TPSA) is 64.3 Å². The van der Waals surface area contributed by atoms with E-state index >= 15 is 0 Å². The molecule has 0 bridgehead atoms. The number of rotatable bonds is 7. The minimum atomic E-state index is -0.712. The van der Waals surface area contributed by atoms with Gasteiger partial charge in [-0.3, -0.25) is 4.79 Å². The minimum Gasteiger partial charge on any atom is -0.369 e. The SMILES string of the molecule is CCC(N)CCNC(=O)C(C)(CC)OC. The van der Waals surface area contributed by atoms with Crippen LogP contribution >= 0.6 is 0 Å². The van der Waals surface area contributed by atoms with Crippen LogP contribution in [0.5, 0.6) is 0 Å². The predicted octanol–water partition coefficient (Wildman–Crippen LogP) is 1.05. The van der Waals surface area contributed by atoms with E-state index in [-0.39, 0.29) is 11.9 Å². The number of carbonyl (C=O) groups excluding carboxylic acids is 1. The second-order valence-electron chi connectivity index (χ2n) is 4.00. The molecular formula is C11H24N2O2. The Bertz CT molecular complexity index is 191. The van der Waals surface area contributed by atoms with Crippen molar-refractivity contribution in [3.63, 3.8) is 0 Å². The van der Waals surface area contributed by atoms with Crippen molar-refractivity contribution in [2.24, 2.45) is 5.73 Å². The summed E-state index contributed by atoms with van der Waals surface area (Å²) in [7, 11) is 1.56. The van der Waals surface area contributed by atoms with Crippen LogP contribution in [0.1, 0.15) is 40.0 Å². The van der Waals surface area contributed by atoms with Crippen molar-refractivity contribution < 1.29 is 9.53 Å². The Hall–Kier alpha value is -0.610. The van der Waals surface area contributed by atoms with Gasteiger partial charge < -0.3 is 15.8 Å². The second-order valence-corrected chi connectivity index (χ2v) is 4.00. The first-order valence-corrected chi connectivity index (χ1v) is 5.59. The molecule has 0 fully saturated rings. The maximum Gasteiger partial charge on any atom is 0.251 e. The Morgan fingerprint density at radius 1 is 1.53 bits per heavy atom. The van der Waals surface area contributed by atoms with E-state index in [1.807, 2.05) is 13.8 Å². The summed E-state index contributed by atoms with van der Waals surface area (Å²) < 4.78 is 5.19. The zero-order chi connectivity index (χ0) is 11.9. The van der Waals surface area contributed by atoms with Crippen molar-refractivity contribution in [2.45, 2.75) is 51.7 Å². The van der Waals surface area contributed by atoms with Gasteiger partial charge in [-0.1, -0.05) is 13.8 Å². The van der Waals surface area contributed by atoms with Gasteiger partial charge in [0, 0.05) is 19.7 Å². The fourth-order valence-corrected chi connectivity index (χ4v) is 1.16. The van der Waals surface area contributed by atoms with E-state index in [0.717, 1.165) is 12.8 Å². The normalized spacial score (nSPS) is 16.9. The van der Waals surface area contributed by atoms with Crippen LogP contribution in [0.2, 0.25) is 0 Å². The summed E-state index contributed by atoms with van der Waals surface area (Å²) >= 11 is 0. The summed E-state index contributed by atoms with van der Waals surface area (Å²) in [6.45, 7) is 6.38. The summed E-state index contributed by atoms with van der Waals surface area (Å²) in [6.07, 6.45) is 2.41. The molecule has 4 heteroatoms. The monoisotopic (exact) mass is 216 g/mol. The Balaban J connectivity index is 3.92. The molecule has 15 heavy (non-hydrogen) atoms. The van der Waals surface area contributed by atoms with E-state index in [0.29, 0.717) is 13.0 Å². The van der Waals surface area contributed by atoms with Crippen molar-refractivity contribution in [1.82, 2.24) is 5.32 Å². The third kappa shape index (κ3) is 4.62. The third-order valence-electron chi connectivity index (χ3n) is 2.93. The molecule has 0 heterocycles. The maximum absolute atomic E-state index is 11.7. The van der Waals surface area contributed by atoms with E-state index in [1.54, 1.807) is 14.0 Å². The summed E-state index contributed by atoms with van der Waals surface area (Å²) in [5, 5.41) is 2.85. The van der Waals surface area contributed by atoms with Crippen molar-refractivity contribution in [2.75, 3.05) is 13.7 Å². The van der Waals surface area contributed by atoms with Gasteiger partial charge >= 0.3 is 0 Å². The smallest absolute Gasteiger partial charge is 0.251 e. The molecule has 0 aliphatic heterocycles. The first-order chi connectivity index (χ1) is 7.00. The number of carbonyl (C=O) groups is 1. The van der Waals surface area contributed by atoms with Crippen LogP contribution in [0.4, 0.5) is 0 Å². The lowest BCUT2D eigenvalue weighted by Crippen LogP contribution is -2.46. The Morgan fingerprint density at radius 3 is 2.53 bits per heavy atom. The van der Waals surface area contributed by atoms with Gasteiger partial charge in [0.1, 0.15) is 5.60 Å². The van der Waals surface area contributed by atoms with Gasteiger partial charge in [-0.05, 0) is 26.2 Å². The molecule has 0 spiro atoms. The molecule has 0 aliphatic carbocycles. The molecular weight excluding hydrogens is 192 g/mol. The number of hydrogen-bond donors (Lipinski definition) is 2. The fraction of sp³-hybridized carbons (Fsp3) is 0.909. The molecule has 0 aromatic carbocycles. The average molecular weight is 216 g/mol. The molecule has 0 rings (SSSR count). The highest BCUT2D eigenvalue weighted by Crippen LogP contribution is 2.13. The predicted molar refractivity (Wildman–Crippen MR) is 61.6 cm³/mol. The highest BCUT2D eigenvalue weighted by Gasteiger charge is 2.30. The van der Waals surface area contributed by atoms with E-state index < -0.39 is 5.60 Å². The highest BCUT2D eigenvalue weighted by atomic mass is 16.5. The molecule has 3 N–H and O–H groups in total. The largest absolute Gasteiger partial charge is 0.369 e. The first-order valence-electron chi connectivity index (χ1n) is 5.59. The number of nitrogens with one attached hydrogen (secondary N) is 1. The molecule has 90 valence electrons. The van der Waals surface area contributed by atoms with Crippen molar-refractivity contribution in [1.29, 1.82) is 0 Å². The van der Waals surface area contributed by atoms with Crippen molar-refractivity contribution in [3.8, 4) is 0 Å². The fourth-order valence-electron chi connectivity index (χ4n) is 1.16. The van der Waals surface area contributed by atoms with Gasteiger partial charge in [0.05, 0.1) is 0 Å². The van der Waals surface area contributed by atoms with Gasteiger partial charge in [0.2, 0.25) is 0 Å². The van der Waals surface area contributed by atoms with Crippen LogP contribution in [-0.2, 0) is 9.53 Å². The summed E-state index contributed by atoms with van der Waals surface area (Å²) in [5.41, 5.74) is 5.04. The zero-order valence-corrected chi connectivity index (χ0v) is 10.3. The molecule has 2 atom stereocenters. The standard InChI is InChI=1S/C11H24N2O2/c1-5-9(12)7-8-13-10(14)11(3,6-2)15-4/h9H,5-8,12H2,1-4H3,(H,13,14). The lowest BCUT2D eigenvalue weighted by Gasteiger charge is -2.25. The van der Waals surface area contributed by atoms with E-state index in [9.17, 15) is 4.79 Å². The third-order valence-corrected chi connectivity index (χ3v) is 2.93. The second kappa shape index (κ2) is 6.80. The molecule has 0 aromatic rings. The lowest BCUT2D eigenvalue weighted by atomic mass is 10.0. The molecule has 0 saturated heterocycles. The van der Waals surface area contributed by atoms with Gasteiger partial charge in [0.25, 0.3) is 5.91 Å². The number of nitrogens with two attached hydrogens (primary N) is 1. The van der Waals surface area contributed by atoms with E-state index in [2.05, 4.69) is 5.32 Å². The van der Waals surface area contributed by atoms with Crippen molar-refractivity contribution in [3.05, 3.63) is 0 Å². The Kier molecular flexibility index (Phi) is 6.52. The van der Waals surface area contributed by atoms with Gasteiger partial charge in [-0.25, -0.2) is 0 Å². The van der Waals surface area contributed by atoms with Crippen LogP contribution in [-0.4, -0.2) is 31.2 Å². The Labute approximate surface area is 92.6 Å². The zero-order valence-electron chi connectivity index (χ0n) is 10.3. The van der Waals surface area contributed by atoms with E-state index in [4.69, 9.17) is 10.5 Å². The number of methoxy groups -OCH3 is 1. The summed E-state index contributed by atoms with van der Waals surface area (Å²) in [4.78, 5) is 11.7. The quantitative estimate of drug-likeness (QED) is 0.668. The molecule has 1 amide bonds. The Morgan fingerprint density at radius 2 is 2.13 bits per heavy atom. The van der Waals surface area contributed by atoms with E-state index in [1.165, 1.54) is 0 Å². The van der Waals surface area contributed by atoms with Crippen LogP contribution < -0.4 is 11.1 Å². The number of amides is 1. The van der Waals surface area contributed by atoms with Crippen LogP contribution in [0.15, 0.2) is 0 Å². The van der Waals surface area contributed by atoms with Crippen LogP contribution in [0.3, 0.4) is 0 Å². The summed E-state index contributed by atoms with van der Waals surface area (Å²) in [6, 6.07) is 0.167. The molecule has 0 aliphatic rings. The molecule has 0 aromatic heterocycles. The number of ether oxygens (including phenoxy) is 1. The molecule has 0 saturated carbocycles. The first kappa shape index (κ1) is 14.4. The van der Waals surface area contributed by atoms with Crippen LogP contribution in [0.25, 0.3) is 0 Å². The molecule has 2 unspecified atom stereocenters. The van der Waals surface area contributed by atoms with Gasteiger partial charge in [0.15, 0.2) is 0 Å². The van der Waals surface area contributed by atoms with Crippen LogP contribution in [0, 0.1) is 0 Å². The lowest BCUT2D eigenvalue weighted by molar-refractivity contribution is -0.141. The minimum absolute atomic E-state index is 0.0594. The highest BCUT2D eigenvalue weighted by molar-refractivity contribution is 5.84. The number of hydrogen-bond acceptors (Lipinski definition) is 3. The van der Waals surface area contributed by atoms with Gasteiger partial charge in [-0.15, -0.1) is 0 Å². The average Bonchev–Trinajstić information content (AvgIpc) is 2.27. The maximum atomic E-state index is 11.7. The molecule has 4 nitrogen and oxygen atoms in total.